The first-order valence-corrected chi connectivity index (χ1v) is 6.85. The molecule has 0 aromatic carbocycles. The molecule has 1 aliphatic heterocycles. The summed E-state index contributed by atoms with van der Waals surface area (Å²) in [6, 6.07) is 1.71. The van der Waals surface area contributed by atoms with Crippen molar-refractivity contribution < 1.29 is 14.3 Å². The van der Waals surface area contributed by atoms with Crippen molar-refractivity contribution in [3.05, 3.63) is 23.7 Å². The number of likely N-dealkylation sites (tertiary alicyclic amines) is 1. The van der Waals surface area contributed by atoms with Gasteiger partial charge in [0.05, 0.1) is 6.26 Å². The van der Waals surface area contributed by atoms with Crippen LogP contribution >= 0.6 is 0 Å². The molecular weight excluding hydrogens is 244 g/mol. The minimum Gasteiger partial charge on any atom is -0.475 e. The lowest BCUT2D eigenvalue weighted by molar-refractivity contribution is 0.0660. The maximum atomic E-state index is 10.9. The molecule has 0 spiro atoms. The molecule has 0 unspecified atom stereocenters. The molecule has 5 nitrogen and oxygen atoms in total. The highest BCUT2D eigenvalue weighted by molar-refractivity contribution is 5.86. The summed E-state index contributed by atoms with van der Waals surface area (Å²) in [6.07, 6.45) is 5.13. The molecule has 2 N–H and O–H groups in total. The Morgan fingerprint density at radius 1 is 1.53 bits per heavy atom. The van der Waals surface area contributed by atoms with E-state index in [1.165, 1.54) is 32.2 Å². The van der Waals surface area contributed by atoms with Gasteiger partial charge in [-0.1, -0.05) is 0 Å². The van der Waals surface area contributed by atoms with Crippen LogP contribution in [0.4, 0.5) is 0 Å². The lowest BCUT2D eigenvalue weighted by Gasteiger charge is -2.28. The molecule has 19 heavy (non-hydrogen) atoms. The van der Waals surface area contributed by atoms with Crippen LogP contribution in [0.15, 0.2) is 16.7 Å². The molecule has 106 valence electrons. The quantitative estimate of drug-likeness (QED) is 0.769. The summed E-state index contributed by atoms with van der Waals surface area (Å²) in [7, 11) is 2.17. The summed E-state index contributed by atoms with van der Waals surface area (Å²) < 4.78 is 4.94. The van der Waals surface area contributed by atoms with Gasteiger partial charge in [-0.15, -0.1) is 0 Å². The zero-order chi connectivity index (χ0) is 13.7. The van der Waals surface area contributed by atoms with Gasteiger partial charge in [0.15, 0.2) is 0 Å². The van der Waals surface area contributed by atoms with Gasteiger partial charge in [-0.05, 0) is 57.9 Å². The van der Waals surface area contributed by atoms with E-state index in [4.69, 9.17) is 9.52 Å². The van der Waals surface area contributed by atoms with E-state index in [2.05, 4.69) is 17.3 Å². The number of nitrogens with zero attached hydrogens (tertiary/aromatic N) is 1. The number of carboxylic acid groups (broad SMARTS) is 1. The van der Waals surface area contributed by atoms with Gasteiger partial charge in [0, 0.05) is 12.1 Å². The second-order valence-corrected chi connectivity index (χ2v) is 5.29. The van der Waals surface area contributed by atoms with Gasteiger partial charge >= 0.3 is 5.97 Å². The summed E-state index contributed by atoms with van der Waals surface area (Å²) in [5, 5.41) is 12.2. The van der Waals surface area contributed by atoms with Gasteiger partial charge in [-0.3, -0.25) is 0 Å². The molecule has 1 saturated heterocycles. The van der Waals surface area contributed by atoms with Gasteiger partial charge in [-0.2, -0.15) is 0 Å². The van der Waals surface area contributed by atoms with Crippen LogP contribution in [-0.4, -0.2) is 42.7 Å². The number of hydrogen-bond donors (Lipinski definition) is 2. The number of carbonyl (C=O) groups is 1. The third-order valence-electron chi connectivity index (χ3n) is 3.82. The molecule has 1 fully saturated rings. The number of furan rings is 1. The number of aromatic carboxylic acids is 1. The summed E-state index contributed by atoms with van der Waals surface area (Å²) in [4.78, 5) is 13.2. The fourth-order valence-corrected chi connectivity index (χ4v) is 2.54. The standard InChI is InChI=1S/C14H22N2O3/c1-16-7-3-11(4-8-16)2-6-15-10-12-5-9-19-13(12)14(17)18/h5,9,11,15H,2-4,6-8,10H2,1H3,(H,17,18). The van der Waals surface area contributed by atoms with Crippen molar-refractivity contribution in [2.24, 2.45) is 5.92 Å². The van der Waals surface area contributed by atoms with Crippen molar-refractivity contribution in [3.63, 3.8) is 0 Å². The zero-order valence-corrected chi connectivity index (χ0v) is 11.4. The summed E-state index contributed by atoms with van der Waals surface area (Å²) in [5.74, 6) is -0.157. The molecule has 2 rings (SSSR count). The van der Waals surface area contributed by atoms with Crippen molar-refractivity contribution in [2.45, 2.75) is 25.8 Å². The fourth-order valence-electron chi connectivity index (χ4n) is 2.54. The van der Waals surface area contributed by atoms with Crippen LogP contribution in [0.1, 0.15) is 35.4 Å². The van der Waals surface area contributed by atoms with Crippen LogP contribution in [0.3, 0.4) is 0 Å². The maximum Gasteiger partial charge on any atom is 0.372 e. The fraction of sp³-hybridized carbons (Fsp3) is 0.643. The van der Waals surface area contributed by atoms with Crippen LogP contribution in [0.25, 0.3) is 0 Å². The smallest absolute Gasteiger partial charge is 0.372 e. The lowest BCUT2D eigenvalue weighted by Crippen LogP contribution is -2.31. The molecule has 1 aromatic heterocycles. The first-order chi connectivity index (χ1) is 9.16. The second-order valence-electron chi connectivity index (χ2n) is 5.29. The topological polar surface area (TPSA) is 65.7 Å². The lowest BCUT2D eigenvalue weighted by atomic mass is 9.94. The van der Waals surface area contributed by atoms with E-state index in [0.29, 0.717) is 6.54 Å². The van der Waals surface area contributed by atoms with E-state index < -0.39 is 5.97 Å². The van der Waals surface area contributed by atoms with Gasteiger partial charge in [-0.25, -0.2) is 4.79 Å². The Kier molecular flexibility index (Phi) is 4.99. The number of carboxylic acids is 1. The monoisotopic (exact) mass is 266 g/mol. The van der Waals surface area contributed by atoms with Gasteiger partial charge in [0.25, 0.3) is 0 Å². The first-order valence-electron chi connectivity index (χ1n) is 6.85. The number of piperidine rings is 1. The van der Waals surface area contributed by atoms with Crippen molar-refractivity contribution in [1.82, 2.24) is 10.2 Å². The van der Waals surface area contributed by atoms with E-state index in [1.807, 2.05) is 0 Å². The van der Waals surface area contributed by atoms with E-state index in [-0.39, 0.29) is 5.76 Å². The Morgan fingerprint density at radius 2 is 2.26 bits per heavy atom. The molecule has 0 atom stereocenters. The average molecular weight is 266 g/mol. The maximum absolute atomic E-state index is 10.9. The molecule has 2 heterocycles. The molecule has 1 aromatic rings. The summed E-state index contributed by atoms with van der Waals surface area (Å²) in [5.41, 5.74) is 0.718. The van der Waals surface area contributed by atoms with E-state index in [0.717, 1.165) is 24.4 Å². The third-order valence-corrected chi connectivity index (χ3v) is 3.82. The SMILES string of the molecule is CN1CCC(CCNCc2ccoc2C(=O)O)CC1. The average Bonchev–Trinajstić information content (AvgIpc) is 2.85. The minimum absolute atomic E-state index is 0.0480. The van der Waals surface area contributed by atoms with Crippen LogP contribution in [-0.2, 0) is 6.54 Å². The van der Waals surface area contributed by atoms with Crippen LogP contribution < -0.4 is 5.32 Å². The summed E-state index contributed by atoms with van der Waals surface area (Å²) in [6.45, 7) is 3.87. The molecule has 0 saturated carbocycles. The Hall–Kier alpha value is -1.33. The molecular formula is C14H22N2O3. The Morgan fingerprint density at radius 3 is 2.95 bits per heavy atom. The Balaban J connectivity index is 1.66. The third kappa shape index (κ3) is 4.08. The second kappa shape index (κ2) is 6.73. The highest BCUT2D eigenvalue weighted by atomic mass is 16.4. The predicted octanol–water partition coefficient (Wildman–Crippen LogP) is 1.80. The van der Waals surface area contributed by atoms with Crippen LogP contribution in [0.2, 0.25) is 0 Å². The molecule has 1 aliphatic rings. The van der Waals surface area contributed by atoms with Gasteiger partial charge < -0.3 is 19.7 Å². The Labute approximate surface area is 113 Å². The number of nitrogens with one attached hydrogen (secondary N) is 1. The molecule has 0 bridgehead atoms. The highest BCUT2D eigenvalue weighted by Gasteiger charge is 2.16. The molecule has 0 radical (unpaired) electrons. The Bertz CT molecular complexity index is 409. The van der Waals surface area contributed by atoms with Crippen molar-refractivity contribution in [1.29, 1.82) is 0 Å². The van der Waals surface area contributed by atoms with Gasteiger partial charge in [0.1, 0.15) is 0 Å². The molecule has 0 amide bonds. The van der Waals surface area contributed by atoms with Crippen LogP contribution in [0.5, 0.6) is 0 Å². The van der Waals surface area contributed by atoms with E-state index in [1.54, 1.807) is 6.07 Å². The van der Waals surface area contributed by atoms with E-state index >= 15 is 0 Å². The first kappa shape index (κ1) is 14.1. The normalized spacial score (nSPS) is 17.7. The van der Waals surface area contributed by atoms with E-state index in [9.17, 15) is 4.79 Å². The minimum atomic E-state index is -1.00. The zero-order valence-electron chi connectivity index (χ0n) is 11.4. The number of rotatable bonds is 6. The van der Waals surface area contributed by atoms with Crippen molar-refractivity contribution in [3.8, 4) is 0 Å². The summed E-state index contributed by atoms with van der Waals surface area (Å²) >= 11 is 0. The molecule has 0 aliphatic carbocycles. The van der Waals surface area contributed by atoms with Crippen LogP contribution in [0, 0.1) is 5.92 Å². The molecule has 5 heteroatoms. The van der Waals surface area contributed by atoms with Crippen molar-refractivity contribution in [2.75, 3.05) is 26.7 Å². The largest absolute Gasteiger partial charge is 0.475 e. The highest BCUT2D eigenvalue weighted by Crippen LogP contribution is 2.18. The van der Waals surface area contributed by atoms with Crippen molar-refractivity contribution >= 4 is 5.97 Å². The number of hydrogen-bond acceptors (Lipinski definition) is 4. The van der Waals surface area contributed by atoms with Gasteiger partial charge in [0.2, 0.25) is 5.76 Å². The predicted molar refractivity (Wildman–Crippen MR) is 72.2 cm³/mol.